The Bertz CT molecular complexity index is 120. The fourth-order valence-corrected chi connectivity index (χ4v) is 0.527. The van der Waals surface area contributed by atoms with Crippen LogP contribution in [0.3, 0.4) is 0 Å². The Kier molecular flexibility index (Phi) is 8.87. The van der Waals surface area contributed by atoms with Gasteiger partial charge in [-0.25, -0.2) is 9.97 Å². The molecule has 0 aromatic carbocycles. The molecule has 1 aromatic heterocycles. The van der Waals surface area contributed by atoms with Gasteiger partial charge < -0.3 is 4.55 Å². The molecular weight excluding hydrogens is 160 g/mol. The largest absolute Gasteiger partial charge is 0.330 e. The Morgan fingerprint density at radius 3 is 2.09 bits per heavy atom. The van der Waals surface area contributed by atoms with Crippen LogP contribution < -0.4 is 0 Å². The summed E-state index contributed by atoms with van der Waals surface area (Å²) in [4.78, 5) is 7.35. The van der Waals surface area contributed by atoms with Gasteiger partial charge in [-0.3, -0.25) is 0 Å². The number of hydrogen-bond donors (Lipinski definition) is 1. The molecule has 62 valence electrons. The SMILES string of the molecule is CCCSO.c1cncnc1. The molecule has 1 aromatic rings. The van der Waals surface area contributed by atoms with E-state index in [0.717, 1.165) is 24.2 Å². The number of aromatic nitrogens is 2. The smallest absolute Gasteiger partial charge is 0.115 e. The van der Waals surface area contributed by atoms with Crippen LogP contribution in [0.25, 0.3) is 0 Å². The molecule has 0 saturated heterocycles. The molecule has 0 radical (unpaired) electrons. The highest BCUT2D eigenvalue weighted by Gasteiger charge is 1.70. The Morgan fingerprint density at radius 1 is 1.36 bits per heavy atom. The van der Waals surface area contributed by atoms with E-state index in [1.165, 1.54) is 6.33 Å². The van der Waals surface area contributed by atoms with Crippen LogP contribution in [0.5, 0.6) is 0 Å². The van der Waals surface area contributed by atoms with Gasteiger partial charge in [0.2, 0.25) is 0 Å². The Morgan fingerprint density at radius 2 is 2.00 bits per heavy atom. The third kappa shape index (κ3) is 9.39. The summed E-state index contributed by atoms with van der Waals surface area (Å²) < 4.78 is 7.98. The van der Waals surface area contributed by atoms with Gasteiger partial charge in [0.1, 0.15) is 6.33 Å². The molecule has 0 unspecified atom stereocenters. The zero-order valence-corrected chi connectivity index (χ0v) is 7.29. The van der Waals surface area contributed by atoms with Gasteiger partial charge in [-0.15, -0.1) is 0 Å². The number of nitrogens with zero attached hydrogens (tertiary/aromatic N) is 2. The lowest BCUT2D eigenvalue weighted by Gasteiger charge is -1.78. The van der Waals surface area contributed by atoms with E-state index in [4.69, 9.17) is 4.55 Å². The standard InChI is InChI=1S/C4H4N2.C3H8OS/c1-2-5-4-6-3-1;1-2-3-5-4/h1-4H;4H,2-3H2,1H3. The maximum absolute atomic E-state index is 7.98. The predicted molar refractivity (Wildman–Crippen MR) is 47.4 cm³/mol. The maximum atomic E-state index is 7.98. The lowest BCUT2D eigenvalue weighted by atomic mass is 10.6. The topological polar surface area (TPSA) is 46.0 Å². The quantitative estimate of drug-likeness (QED) is 0.694. The van der Waals surface area contributed by atoms with Crippen molar-refractivity contribution in [2.75, 3.05) is 5.75 Å². The second-order valence-corrected chi connectivity index (χ2v) is 2.40. The van der Waals surface area contributed by atoms with Gasteiger partial charge in [-0.05, 0) is 24.5 Å². The first-order valence-corrected chi connectivity index (χ1v) is 4.32. The summed E-state index contributed by atoms with van der Waals surface area (Å²) in [7, 11) is 0. The van der Waals surface area contributed by atoms with Crippen molar-refractivity contribution < 1.29 is 4.55 Å². The molecule has 0 saturated carbocycles. The summed E-state index contributed by atoms with van der Waals surface area (Å²) >= 11 is 0.902. The van der Waals surface area contributed by atoms with Crippen LogP contribution in [0.1, 0.15) is 13.3 Å². The maximum Gasteiger partial charge on any atom is 0.115 e. The van der Waals surface area contributed by atoms with Crippen molar-refractivity contribution in [3.63, 3.8) is 0 Å². The summed E-state index contributed by atoms with van der Waals surface area (Å²) in [6.07, 6.45) is 5.93. The molecule has 0 atom stereocenters. The van der Waals surface area contributed by atoms with Gasteiger partial charge in [0.25, 0.3) is 0 Å². The van der Waals surface area contributed by atoms with Gasteiger partial charge in [-0.2, -0.15) is 0 Å². The third-order valence-corrected chi connectivity index (χ3v) is 1.36. The summed E-state index contributed by atoms with van der Waals surface area (Å²) in [5.74, 6) is 0.861. The number of hydrogen-bond acceptors (Lipinski definition) is 4. The lowest BCUT2D eigenvalue weighted by molar-refractivity contribution is 0.662. The van der Waals surface area contributed by atoms with Gasteiger partial charge in [0.05, 0.1) is 0 Å². The van der Waals surface area contributed by atoms with Crippen LogP contribution in [0.4, 0.5) is 0 Å². The molecule has 0 amide bonds. The van der Waals surface area contributed by atoms with Crippen molar-refractivity contribution in [1.29, 1.82) is 0 Å². The average Bonchev–Trinajstić information content (AvgIpc) is 2.10. The highest BCUT2D eigenvalue weighted by atomic mass is 32.2. The Balaban J connectivity index is 0.000000187. The van der Waals surface area contributed by atoms with Crippen LogP contribution >= 0.6 is 12.0 Å². The van der Waals surface area contributed by atoms with Crippen molar-refractivity contribution in [3.05, 3.63) is 24.8 Å². The van der Waals surface area contributed by atoms with Crippen molar-refractivity contribution in [2.24, 2.45) is 0 Å². The van der Waals surface area contributed by atoms with Gasteiger partial charge in [0.15, 0.2) is 0 Å². The highest BCUT2D eigenvalue weighted by molar-refractivity contribution is 7.93. The minimum atomic E-state index is 0.861. The molecule has 0 fully saturated rings. The minimum Gasteiger partial charge on any atom is -0.330 e. The van der Waals surface area contributed by atoms with Crippen molar-refractivity contribution in [2.45, 2.75) is 13.3 Å². The molecule has 4 heteroatoms. The molecule has 1 heterocycles. The van der Waals surface area contributed by atoms with E-state index >= 15 is 0 Å². The zero-order chi connectivity index (χ0) is 8.36. The van der Waals surface area contributed by atoms with Crippen LogP contribution in [0, 0.1) is 0 Å². The first kappa shape index (κ1) is 10.4. The first-order valence-electron chi connectivity index (χ1n) is 3.38. The van der Waals surface area contributed by atoms with Crippen molar-refractivity contribution in [3.8, 4) is 0 Å². The van der Waals surface area contributed by atoms with Crippen LogP contribution in [-0.2, 0) is 0 Å². The van der Waals surface area contributed by atoms with Crippen LogP contribution in [0.2, 0.25) is 0 Å². The lowest BCUT2D eigenvalue weighted by Crippen LogP contribution is -1.66. The number of rotatable bonds is 2. The van der Waals surface area contributed by atoms with E-state index in [1.54, 1.807) is 18.5 Å². The molecule has 0 spiro atoms. The second-order valence-electron chi connectivity index (χ2n) is 1.74. The fraction of sp³-hybridized carbons (Fsp3) is 0.429. The minimum absolute atomic E-state index is 0.861. The normalized spacial score (nSPS) is 8.18. The van der Waals surface area contributed by atoms with Crippen LogP contribution in [0.15, 0.2) is 24.8 Å². The first-order chi connectivity index (χ1) is 5.41. The van der Waals surface area contributed by atoms with E-state index in [1.807, 2.05) is 6.92 Å². The summed E-state index contributed by atoms with van der Waals surface area (Å²) in [6.45, 7) is 2.03. The molecule has 1 N–H and O–H groups in total. The monoisotopic (exact) mass is 172 g/mol. The molecule has 11 heavy (non-hydrogen) atoms. The molecule has 0 aliphatic rings. The van der Waals surface area contributed by atoms with Gasteiger partial charge in [-0.1, -0.05) is 6.92 Å². The van der Waals surface area contributed by atoms with E-state index in [0.29, 0.717) is 0 Å². The fourth-order valence-electron chi connectivity index (χ4n) is 0.345. The zero-order valence-electron chi connectivity index (χ0n) is 6.47. The van der Waals surface area contributed by atoms with Gasteiger partial charge in [0, 0.05) is 18.1 Å². The van der Waals surface area contributed by atoms with E-state index in [2.05, 4.69) is 9.97 Å². The molecule has 3 nitrogen and oxygen atoms in total. The molecule has 0 bridgehead atoms. The average molecular weight is 172 g/mol. The molecule has 0 aliphatic heterocycles. The highest BCUT2D eigenvalue weighted by Crippen LogP contribution is 1.90. The Hall–Kier alpha value is -0.610. The van der Waals surface area contributed by atoms with Crippen molar-refractivity contribution >= 4 is 12.0 Å². The van der Waals surface area contributed by atoms with E-state index in [-0.39, 0.29) is 0 Å². The predicted octanol–water partition coefficient (Wildman–Crippen LogP) is 2.08. The van der Waals surface area contributed by atoms with E-state index in [9.17, 15) is 0 Å². The van der Waals surface area contributed by atoms with Crippen molar-refractivity contribution in [1.82, 2.24) is 9.97 Å². The molecular formula is C7H12N2OS. The Labute approximate surface area is 71.1 Å². The molecule has 0 aliphatic carbocycles. The molecule has 1 rings (SSSR count). The van der Waals surface area contributed by atoms with E-state index < -0.39 is 0 Å². The van der Waals surface area contributed by atoms with Crippen LogP contribution in [-0.4, -0.2) is 20.3 Å². The van der Waals surface area contributed by atoms with Gasteiger partial charge >= 0.3 is 0 Å². The third-order valence-electron chi connectivity index (χ3n) is 0.773. The summed E-state index contributed by atoms with van der Waals surface area (Å²) in [6, 6.07) is 1.78. The summed E-state index contributed by atoms with van der Waals surface area (Å²) in [5.41, 5.74) is 0. The summed E-state index contributed by atoms with van der Waals surface area (Å²) in [5, 5.41) is 0. The second kappa shape index (κ2) is 9.39.